The third-order valence-electron chi connectivity index (χ3n) is 1.26. The molecule has 2 N–H and O–H groups in total. The lowest BCUT2D eigenvalue weighted by Gasteiger charge is -2.08. The molecule has 0 rings (SSSR count). The monoisotopic (exact) mass is 199 g/mol. The molecule has 0 bridgehead atoms. The number of thioether (sulfide) groups is 1. The number of hydrogen-bond donors (Lipinski definition) is 2. The van der Waals surface area contributed by atoms with Gasteiger partial charge in [0.15, 0.2) is 0 Å². The fourth-order valence-electron chi connectivity index (χ4n) is 0.627. The van der Waals surface area contributed by atoms with Crippen molar-refractivity contribution in [3.63, 3.8) is 0 Å². The molecule has 0 aromatic heterocycles. The van der Waals surface area contributed by atoms with Crippen molar-refractivity contribution in [3.05, 3.63) is 0 Å². The molecule has 5 heteroatoms. The van der Waals surface area contributed by atoms with E-state index in [1.54, 1.807) is 18.8 Å². The average molecular weight is 200 g/mol. The molecule has 0 heterocycles. The molecular formula is C6H14ClNO2S. The van der Waals surface area contributed by atoms with E-state index in [0.717, 1.165) is 5.75 Å². The number of aliphatic carboxylic acids is 1. The van der Waals surface area contributed by atoms with E-state index in [-0.39, 0.29) is 18.4 Å². The fourth-order valence-corrected chi connectivity index (χ4v) is 1.10. The Balaban J connectivity index is 0. The lowest BCUT2D eigenvalue weighted by Crippen LogP contribution is -2.34. The zero-order valence-corrected chi connectivity index (χ0v) is 8.30. The topological polar surface area (TPSA) is 49.3 Å². The minimum Gasteiger partial charge on any atom is -0.480 e. The maximum absolute atomic E-state index is 10.4. The van der Waals surface area contributed by atoms with E-state index >= 15 is 0 Å². The second-order valence-corrected chi connectivity index (χ2v) is 2.95. The Kier molecular flexibility index (Phi) is 10.1. The third kappa shape index (κ3) is 6.47. The molecule has 11 heavy (non-hydrogen) atoms. The molecule has 0 saturated carbocycles. The number of rotatable bonds is 5. The van der Waals surface area contributed by atoms with E-state index in [4.69, 9.17) is 5.11 Å². The number of nitrogens with one attached hydrogen (secondary N) is 1. The molecule has 0 fully saturated rings. The summed E-state index contributed by atoms with van der Waals surface area (Å²) in [6.07, 6.45) is 2.65. The van der Waals surface area contributed by atoms with Crippen molar-refractivity contribution in [2.24, 2.45) is 0 Å². The van der Waals surface area contributed by atoms with E-state index in [0.29, 0.717) is 6.42 Å². The Bertz CT molecular complexity index is 113. The highest BCUT2D eigenvalue weighted by Gasteiger charge is 2.12. The number of carboxylic acid groups (broad SMARTS) is 1. The maximum Gasteiger partial charge on any atom is 0.320 e. The molecule has 68 valence electrons. The minimum absolute atomic E-state index is 0. The van der Waals surface area contributed by atoms with Gasteiger partial charge < -0.3 is 10.4 Å². The zero-order valence-electron chi connectivity index (χ0n) is 6.66. The Morgan fingerprint density at radius 3 is 2.55 bits per heavy atom. The molecule has 1 atom stereocenters. The van der Waals surface area contributed by atoms with E-state index in [1.165, 1.54) is 0 Å². The van der Waals surface area contributed by atoms with Gasteiger partial charge in [-0.1, -0.05) is 0 Å². The van der Waals surface area contributed by atoms with Crippen LogP contribution < -0.4 is 5.32 Å². The largest absolute Gasteiger partial charge is 0.480 e. The Labute approximate surface area is 77.3 Å². The van der Waals surface area contributed by atoms with Gasteiger partial charge in [0.2, 0.25) is 0 Å². The van der Waals surface area contributed by atoms with Gasteiger partial charge in [-0.15, -0.1) is 12.4 Å². The van der Waals surface area contributed by atoms with Crippen LogP contribution in [0.1, 0.15) is 6.42 Å². The fraction of sp³-hybridized carbons (Fsp3) is 0.833. The molecule has 1 unspecified atom stereocenters. The van der Waals surface area contributed by atoms with Crippen molar-refractivity contribution in [3.8, 4) is 0 Å². The van der Waals surface area contributed by atoms with Crippen LogP contribution in [0, 0.1) is 0 Å². The number of hydrogen-bond acceptors (Lipinski definition) is 3. The summed E-state index contributed by atoms with van der Waals surface area (Å²) in [6, 6.07) is -0.382. The predicted octanol–water partition coefficient (Wildman–Crippen LogP) is 0.834. The van der Waals surface area contributed by atoms with Crippen LogP contribution in [-0.2, 0) is 4.79 Å². The van der Waals surface area contributed by atoms with Gasteiger partial charge in [0.25, 0.3) is 0 Å². The summed E-state index contributed by atoms with van der Waals surface area (Å²) >= 11 is 1.66. The molecule has 0 amide bonds. The predicted molar refractivity (Wildman–Crippen MR) is 50.7 cm³/mol. The van der Waals surface area contributed by atoms with Gasteiger partial charge in [-0.3, -0.25) is 4.79 Å². The van der Waals surface area contributed by atoms with Crippen molar-refractivity contribution in [1.82, 2.24) is 5.32 Å². The first-order chi connectivity index (χ1) is 4.72. The summed E-state index contributed by atoms with van der Waals surface area (Å²) in [5.41, 5.74) is 0. The van der Waals surface area contributed by atoms with Crippen LogP contribution >= 0.6 is 24.2 Å². The summed E-state index contributed by atoms with van der Waals surface area (Å²) in [6.45, 7) is 0. The third-order valence-corrected chi connectivity index (χ3v) is 1.90. The normalized spacial score (nSPS) is 11.8. The molecule has 0 radical (unpaired) electrons. The highest BCUT2D eigenvalue weighted by atomic mass is 35.5. The lowest BCUT2D eigenvalue weighted by molar-refractivity contribution is -0.139. The van der Waals surface area contributed by atoms with Crippen molar-refractivity contribution in [2.75, 3.05) is 19.1 Å². The van der Waals surface area contributed by atoms with Gasteiger partial charge in [-0.25, -0.2) is 0 Å². The zero-order chi connectivity index (χ0) is 7.98. The van der Waals surface area contributed by atoms with Crippen LogP contribution in [-0.4, -0.2) is 36.2 Å². The number of carboxylic acids is 1. The summed E-state index contributed by atoms with van der Waals surface area (Å²) in [5.74, 6) is 0.120. The second kappa shape index (κ2) is 8.17. The molecule has 0 aromatic rings. The Morgan fingerprint density at radius 2 is 2.27 bits per heavy atom. The second-order valence-electron chi connectivity index (χ2n) is 1.96. The summed E-state index contributed by atoms with van der Waals surface area (Å²) in [5, 5.41) is 11.3. The molecule has 0 aromatic carbocycles. The van der Waals surface area contributed by atoms with Crippen molar-refractivity contribution in [1.29, 1.82) is 0 Å². The van der Waals surface area contributed by atoms with Crippen LogP contribution in [0.25, 0.3) is 0 Å². The standard InChI is InChI=1S/C6H13NO2S.ClH/c1-7-5(6(8)9)3-4-10-2;/h5,7H,3-4H2,1-2H3,(H,8,9);1H. The van der Waals surface area contributed by atoms with E-state index in [9.17, 15) is 4.79 Å². The van der Waals surface area contributed by atoms with Crippen LogP contribution in [0.2, 0.25) is 0 Å². The molecule has 3 nitrogen and oxygen atoms in total. The molecular weight excluding hydrogens is 186 g/mol. The molecule has 0 aliphatic rings. The first-order valence-corrected chi connectivity index (χ1v) is 4.50. The number of halogens is 1. The number of likely N-dealkylation sites (N-methyl/N-ethyl adjacent to an activating group) is 1. The summed E-state index contributed by atoms with van der Waals surface area (Å²) < 4.78 is 0. The first-order valence-electron chi connectivity index (χ1n) is 3.11. The van der Waals surface area contributed by atoms with Gasteiger partial charge in [0.05, 0.1) is 0 Å². The SMILES string of the molecule is CNC(CCSC)C(=O)O.Cl. The van der Waals surface area contributed by atoms with Crippen LogP contribution in [0.3, 0.4) is 0 Å². The van der Waals surface area contributed by atoms with E-state index < -0.39 is 5.97 Å². The van der Waals surface area contributed by atoms with Gasteiger partial charge in [0, 0.05) is 0 Å². The highest BCUT2D eigenvalue weighted by molar-refractivity contribution is 7.98. The Hall–Kier alpha value is 0.0700. The quantitative estimate of drug-likeness (QED) is 0.689. The molecule has 0 aliphatic heterocycles. The van der Waals surface area contributed by atoms with Crippen LogP contribution in [0.5, 0.6) is 0 Å². The molecule has 0 aliphatic carbocycles. The van der Waals surface area contributed by atoms with Crippen LogP contribution in [0.4, 0.5) is 0 Å². The van der Waals surface area contributed by atoms with Crippen molar-refractivity contribution in [2.45, 2.75) is 12.5 Å². The van der Waals surface area contributed by atoms with Crippen molar-refractivity contribution < 1.29 is 9.90 Å². The van der Waals surface area contributed by atoms with E-state index in [1.807, 2.05) is 6.26 Å². The minimum atomic E-state index is -0.767. The first kappa shape index (κ1) is 13.6. The van der Waals surface area contributed by atoms with Gasteiger partial charge in [0.1, 0.15) is 6.04 Å². The Morgan fingerprint density at radius 1 is 1.73 bits per heavy atom. The summed E-state index contributed by atoms with van der Waals surface area (Å²) in [7, 11) is 1.67. The highest BCUT2D eigenvalue weighted by Crippen LogP contribution is 1.99. The van der Waals surface area contributed by atoms with Crippen molar-refractivity contribution >= 4 is 30.1 Å². The number of carbonyl (C=O) groups is 1. The van der Waals surface area contributed by atoms with E-state index in [2.05, 4.69) is 5.32 Å². The molecule has 0 saturated heterocycles. The smallest absolute Gasteiger partial charge is 0.320 e. The molecule has 0 spiro atoms. The van der Waals surface area contributed by atoms with Gasteiger partial charge in [-0.05, 0) is 25.5 Å². The van der Waals surface area contributed by atoms with Crippen LogP contribution in [0.15, 0.2) is 0 Å². The maximum atomic E-state index is 10.4. The lowest BCUT2D eigenvalue weighted by atomic mass is 10.2. The summed E-state index contributed by atoms with van der Waals surface area (Å²) in [4.78, 5) is 10.4. The average Bonchev–Trinajstić information content (AvgIpc) is 1.89. The van der Waals surface area contributed by atoms with Gasteiger partial charge in [-0.2, -0.15) is 11.8 Å². The van der Waals surface area contributed by atoms with Gasteiger partial charge >= 0.3 is 5.97 Å².